The van der Waals surface area contributed by atoms with Crippen molar-refractivity contribution in [1.82, 2.24) is 4.72 Å². The van der Waals surface area contributed by atoms with E-state index >= 15 is 0 Å². The molecule has 0 bridgehead atoms. The van der Waals surface area contributed by atoms with E-state index in [4.69, 9.17) is 10.2 Å². The predicted molar refractivity (Wildman–Crippen MR) is 65.0 cm³/mol. The van der Waals surface area contributed by atoms with Gasteiger partial charge in [0.15, 0.2) is 0 Å². The quantitative estimate of drug-likeness (QED) is 0.718. The van der Waals surface area contributed by atoms with Crippen LogP contribution in [0.2, 0.25) is 0 Å². The maximum atomic E-state index is 11.9. The molecule has 0 aliphatic heterocycles. The van der Waals surface area contributed by atoms with Gasteiger partial charge in [-0.1, -0.05) is 0 Å². The maximum Gasteiger partial charge on any atom is 0.308 e. The van der Waals surface area contributed by atoms with Crippen molar-refractivity contribution < 1.29 is 23.4 Å². The van der Waals surface area contributed by atoms with Crippen LogP contribution in [0.3, 0.4) is 0 Å². The molecule has 0 spiro atoms. The number of aliphatic carboxylic acids is 1. The van der Waals surface area contributed by atoms with E-state index in [0.717, 1.165) is 11.3 Å². The van der Waals surface area contributed by atoms with Crippen molar-refractivity contribution in [2.24, 2.45) is 0 Å². The summed E-state index contributed by atoms with van der Waals surface area (Å²) in [6, 6.07) is 2.68. The number of carboxylic acid groups (broad SMARTS) is 1. The minimum Gasteiger partial charge on any atom is -0.481 e. The summed E-state index contributed by atoms with van der Waals surface area (Å²) in [4.78, 5) is 11.0. The number of hydrogen-bond acceptors (Lipinski definition) is 5. The minimum absolute atomic E-state index is 0.111. The fourth-order valence-corrected chi connectivity index (χ4v) is 4.33. The first-order chi connectivity index (χ1) is 8.37. The number of sulfonamides is 1. The number of aliphatic hydroxyl groups is 1. The van der Waals surface area contributed by atoms with Gasteiger partial charge >= 0.3 is 5.97 Å². The summed E-state index contributed by atoms with van der Waals surface area (Å²) in [5.74, 6) is -0.990. The summed E-state index contributed by atoms with van der Waals surface area (Å²) >= 11 is 0.952. The van der Waals surface area contributed by atoms with Crippen molar-refractivity contribution in [3.05, 3.63) is 17.0 Å². The van der Waals surface area contributed by atoms with Gasteiger partial charge in [0, 0.05) is 10.9 Å². The maximum absolute atomic E-state index is 11.9. The molecule has 0 aromatic carbocycles. The monoisotopic (exact) mass is 291 g/mol. The average molecular weight is 291 g/mol. The van der Waals surface area contributed by atoms with Crippen molar-refractivity contribution in [2.45, 2.75) is 35.6 Å². The van der Waals surface area contributed by atoms with Gasteiger partial charge in [-0.3, -0.25) is 4.79 Å². The summed E-state index contributed by atoms with van der Waals surface area (Å²) in [7, 11) is -3.59. The van der Waals surface area contributed by atoms with E-state index in [1.165, 1.54) is 12.1 Å². The normalized spacial score (nSPS) is 23.6. The Hall–Kier alpha value is -0.960. The molecule has 0 atom stereocenters. The number of carbonyl (C=O) groups is 1. The Balaban J connectivity index is 2.05. The molecule has 1 aromatic rings. The van der Waals surface area contributed by atoms with Gasteiger partial charge in [-0.15, -0.1) is 11.3 Å². The molecule has 2 rings (SSSR count). The van der Waals surface area contributed by atoms with Crippen molar-refractivity contribution >= 4 is 27.3 Å². The third-order valence-corrected chi connectivity index (χ3v) is 5.76. The van der Waals surface area contributed by atoms with Crippen LogP contribution in [-0.2, 0) is 21.2 Å². The van der Waals surface area contributed by atoms with Crippen LogP contribution < -0.4 is 4.72 Å². The Morgan fingerprint density at radius 2 is 2.11 bits per heavy atom. The molecule has 0 radical (unpaired) electrons. The second kappa shape index (κ2) is 4.96. The van der Waals surface area contributed by atoms with Gasteiger partial charge < -0.3 is 10.2 Å². The van der Waals surface area contributed by atoms with Crippen LogP contribution in [0.15, 0.2) is 16.3 Å². The molecule has 6 nitrogen and oxygen atoms in total. The number of hydrogen-bond donors (Lipinski definition) is 3. The smallest absolute Gasteiger partial charge is 0.308 e. The Kier molecular flexibility index (Phi) is 3.71. The van der Waals surface area contributed by atoms with E-state index in [1.54, 1.807) is 0 Å². The zero-order valence-corrected chi connectivity index (χ0v) is 11.0. The first-order valence-electron chi connectivity index (χ1n) is 5.38. The van der Waals surface area contributed by atoms with Crippen molar-refractivity contribution in [1.29, 1.82) is 0 Å². The SMILES string of the molecule is O=C(O)Cc1ccc(S(=O)(=O)NC2CC(O)C2)s1. The number of rotatable bonds is 5. The van der Waals surface area contributed by atoms with E-state index in [-0.39, 0.29) is 16.7 Å². The Morgan fingerprint density at radius 1 is 1.44 bits per heavy atom. The molecule has 0 amide bonds. The molecule has 1 aliphatic carbocycles. The zero-order chi connectivity index (χ0) is 13.3. The molecule has 0 saturated heterocycles. The Morgan fingerprint density at radius 3 is 2.67 bits per heavy atom. The molecule has 0 unspecified atom stereocenters. The fourth-order valence-electron chi connectivity index (χ4n) is 1.71. The van der Waals surface area contributed by atoms with Gasteiger partial charge in [0.1, 0.15) is 4.21 Å². The highest BCUT2D eigenvalue weighted by Gasteiger charge is 2.31. The third kappa shape index (κ3) is 3.08. The van der Waals surface area contributed by atoms with Crippen LogP contribution in [-0.4, -0.2) is 36.7 Å². The standard InChI is InChI=1S/C10H13NO5S2/c12-7-3-6(4-7)11-18(15,16)10-2-1-8(17-10)5-9(13)14/h1-2,6-7,11-12H,3-5H2,(H,13,14). The third-order valence-electron chi connectivity index (χ3n) is 2.66. The highest BCUT2D eigenvalue weighted by Crippen LogP contribution is 2.25. The average Bonchev–Trinajstić information content (AvgIpc) is 2.63. The highest BCUT2D eigenvalue weighted by atomic mass is 32.2. The first kappa shape index (κ1) is 13.5. The minimum atomic E-state index is -3.59. The van der Waals surface area contributed by atoms with E-state index in [1.807, 2.05) is 0 Å². The van der Waals surface area contributed by atoms with E-state index in [2.05, 4.69) is 4.72 Å². The van der Waals surface area contributed by atoms with Gasteiger partial charge in [0.2, 0.25) is 10.0 Å². The zero-order valence-electron chi connectivity index (χ0n) is 9.37. The predicted octanol–water partition coefficient (Wildman–Crippen LogP) is 0.177. The molecular weight excluding hydrogens is 278 g/mol. The summed E-state index contributed by atoms with van der Waals surface area (Å²) < 4.78 is 26.4. The van der Waals surface area contributed by atoms with Crippen LogP contribution in [0.1, 0.15) is 17.7 Å². The van der Waals surface area contributed by atoms with Crippen LogP contribution in [0, 0.1) is 0 Å². The van der Waals surface area contributed by atoms with Gasteiger partial charge in [-0.25, -0.2) is 13.1 Å². The van der Waals surface area contributed by atoms with Crippen molar-refractivity contribution in [3.63, 3.8) is 0 Å². The molecule has 3 N–H and O–H groups in total. The lowest BCUT2D eigenvalue weighted by molar-refractivity contribution is -0.136. The lowest BCUT2D eigenvalue weighted by atomic mass is 9.91. The highest BCUT2D eigenvalue weighted by molar-refractivity contribution is 7.91. The molecular formula is C10H13NO5S2. The molecule has 1 saturated carbocycles. The topological polar surface area (TPSA) is 104 Å². The number of aliphatic hydroxyl groups excluding tert-OH is 1. The van der Waals surface area contributed by atoms with Crippen LogP contribution in [0.4, 0.5) is 0 Å². The lowest BCUT2D eigenvalue weighted by Crippen LogP contribution is -2.46. The number of thiophene rings is 1. The molecule has 100 valence electrons. The second-order valence-corrected chi connectivity index (χ2v) is 7.34. The van der Waals surface area contributed by atoms with Gasteiger partial charge in [-0.2, -0.15) is 0 Å². The van der Waals surface area contributed by atoms with E-state index in [0.29, 0.717) is 17.7 Å². The van der Waals surface area contributed by atoms with Gasteiger partial charge in [-0.05, 0) is 25.0 Å². The molecule has 1 fully saturated rings. The van der Waals surface area contributed by atoms with Crippen molar-refractivity contribution in [3.8, 4) is 0 Å². The fraction of sp³-hybridized carbons (Fsp3) is 0.500. The summed E-state index contributed by atoms with van der Waals surface area (Å²) in [6.07, 6.45) is 0.241. The molecule has 1 aromatic heterocycles. The largest absolute Gasteiger partial charge is 0.481 e. The van der Waals surface area contributed by atoms with Gasteiger partial charge in [0.05, 0.1) is 12.5 Å². The Labute approximate surface area is 108 Å². The molecule has 1 heterocycles. The number of nitrogens with one attached hydrogen (secondary N) is 1. The van der Waals surface area contributed by atoms with Crippen LogP contribution in [0.5, 0.6) is 0 Å². The summed E-state index contributed by atoms with van der Waals surface area (Å²) in [6.45, 7) is 0. The second-order valence-electron chi connectivity index (χ2n) is 4.23. The van der Waals surface area contributed by atoms with Crippen LogP contribution >= 0.6 is 11.3 Å². The molecule has 1 aliphatic rings. The first-order valence-corrected chi connectivity index (χ1v) is 7.67. The van der Waals surface area contributed by atoms with Gasteiger partial charge in [0.25, 0.3) is 0 Å². The van der Waals surface area contributed by atoms with Crippen LogP contribution in [0.25, 0.3) is 0 Å². The van der Waals surface area contributed by atoms with Crippen molar-refractivity contribution in [2.75, 3.05) is 0 Å². The number of carboxylic acids is 1. The lowest BCUT2D eigenvalue weighted by Gasteiger charge is -2.31. The Bertz CT molecular complexity index is 544. The molecule has 8 heteroatoms. The van der Waals surface area contributed by atoms with E-state index in [9.17, 15) is 13.2 Å². The van der Waals surface area contributed by atoms with E-state index < -0.39 is 22.1 Å². The summed E-state index contributed by atoms with van der Waals surface area (Å²) in [5, 5.41) is 17.7. The summed E-state index contributed by atoms with van der Waals surface area (Å²) in [5.41, 5.74) is 0. The molecule has 18 heavy (non-hydrogen) atoms.